The molecule has 1 aromatic rings. The van der Waals surface area contributed by atoms with Crippen LogP contribution in [0.15, 0.2) is 37.4 Å². The van der Waals surface area contributed by atoms with Crippen LogP contribution in [0.25, 0.3) is 0 Å². The topological polar surface area (TPSA) is 3.24 Å². The van der Waals surface area contributed by atoms with Crippen LogP contribution in [-0.2, 0) is 0 Å². The summed E-state index contributed by atoms with van der Waals surface area (Å²) in [5.74, 6) is 5.19. The second-order valence-electron chi connectivity index (χ2n) is 8.22. The lowest BCUT2D eigenvalue weighted by atomic mass is 9.80. The average Bonchev–Trinajstić information content (AvgIpc) is 2.84. The molecular formula is C30H53N. The van der Waals surface area contributed by atoms with E-state index in [2.05, 4.69) is 82.9 Å². The Balaban J connectivity index is 0. The number of anilines is 1. The van der Waals surface area contributed by atoms with Gasteiger partial charge in [0.1, 0.15) is 0 Å². The summed E-state index contributed by atoms with van der Waals surface area (Å²) < 4.78 is 0. The molecule has 0 bridgehead atoms. The number of rotatable bonds is 8. The molecule has 0 aromatic heterocycles. The van der Waals surface area contributed by atoms with Crippen molar-refractivity contribution in [3.63, 3.8) is 0 Å². The Kier molecular flexibility index (Phi) is 21.9. The van der Waals surface area contributed by atoms with Gasteiger partial charge in [-0.2, -0.15) is 0 Å². The van der Waals surface area contributed by atoms with E-state index in [1.807, 2.05) is 13.8 Å². The predicted octanol–water partition coefficient (Wildman–Crippen LogP) is 9.49. The van der Waals surface area contributed by atoms with E-state index in [-0.39, 0.29) is 0 Å². The predicted molar refractivity (Wildman–Crippen MR) is 145 cm³/mol. The van der Waals surface area contributed by atoms with Crippen molar-refractivity contribution in [2.45, 2.75) is 106 Å². The van der Waals surface area contributed by atoms with Crippen molar-refractivity contribution < 1.29 is 0 Å². The molecule has 0 amide bonds. The van der Waals surface area contributed by atoms with Crippen molar-refractivity contribution >= 4 is 5.69 Å². The van der Waals surface area contributed by atoms with Gasteiger partial charge in [-0.1, -0.05) is 86.3 Å². The average molecular weight is 428 g/mol. The standard InChI is InChI=1S/C23H35N.C3H8.C2H6.C2H4/c1-5-8-10-19(4)21-11-13-23(14-12-21)24-17-15-22(16-18-24)20(7-3)9-6-2;1-3-2;2*1-2/h1,11-14,19-20,22H,6-10,15-18H2,2-4H3;3H2,1-2H3;1-2H3;1-2H2. The summed E-state index contributed by atoms with van der Waals surface area (Å²) in [4.78, 5) is 2.57. The van der Waals surface area contributed by atoms with E-state index in [0.717, 1.165) is 24.7 Å². The molecule has 1 saturated heterocycles. The molecule has 1 heteroatoms. The van der Waals surface area contributed by atoms with Crippen LogP contribution in [0.4, 0.5) is 5.69 Å². The van der Waals surface area contributed by atoms with E-state index >= 15 is 0 Å². The molecule has 0 N–H and O–H groups in total. The number of nitrogens with zero attached hydrogens (tertiary/aromatic N) is 1. The van der Waals surface area contributed by atoms with E-state index in [1.54, 1.807) is 0 Å². The summed E-state index contributed by atoms with van der Waals surface area (Å²) >= 11 is 0. The first-order chi connectivity index (χ1) is 15.1. The van der Waals surface area contributed by atoms with E-state index in [9.17, 15) is 0 Å². The number of piperidine rings is 1. The molecule has 0 spiro atoms. The highest BCUT2D eigenvalue weighted by Gasteiger charge is 2.25. The van der Waals surface area contributed by atoms with Gasteiger partial charge < -0.3 is 4.90 Å². The Hall–Kier alpha value is -1.68. The lowest BCUT2D eigenvalue weighted by Crippen LogP contribution is -2.36. The SMILES string of the molecule is C#CCCC(C)c1ccc(N2CCC(C(CC)CCC)CC2)cc1.C=C.CC.CCC. The maximum atomic E-state index is 5.38. The van der Waals surface area contributed by atoms with Crippen LogP contribution in [0.5, 0.6) is 0 Å². The van der Waals surface area contributed by atoms with Crippen LogP contribution in [0.2, 0.25) is 0 Å². The Morgan fingerprint density at radius 1 is 1.00 bits per heavy atom. The normalized spacial score (nSPS) is 15.0. The van der Waals surface area contributed by atoms with Gasteiger partial charge in [0.15, 0.2) is 0 Å². The highest BCUT2D eigenvalue weighted by molar-refractivity contribution is 5.48. The van der Waals surface area contributed by atoms with Crippen LogP contribution in [0, 0.1) is 24.2 Å². The fraction of sp³-hybridized carbons (Fsp3) is 0.667. The largest absolute Gasteiger partial charge is 0.372 e. The van der Waals surface area contributed by atoms with Crippen molar-refractivity contribution in [3.05, 3.63) is 43.0 Å². The van der Waals surface area contributed by atoms with Crippen LogP contribution in [0.3, 0.4) is 0 Å². The van der Waals surface area contributed by atoms with E-state index < -0.39 is 0 Å². The molecule has 1 heterocycles. The van der Waals surface area contributed by atoms with Gasteiger partial charge in [0.2, 0.25) is 0 Å². The maximum Gasteiger partial charge on any atom is 0.0366 e. The minimum Gasteiger partial charge on any atom is -0.372 e. The highest BCUT2D eigenvalue weighted by atomic mass is 15.1. The monoisotopic (exact) mass is 427 g/mol. The van der Waals surface area contributed by atoms with Gasteiger partial charge >= 0.3 is 0 Å². The quantitative estimate of drug-likeness (QED) is 0.295. The first-order valence-electron chi connectivity index (χ1n) is 12.9. The summed E-state index contributed by atoms with van der Waals surface area (Å²) in [6.45, 7) is 23.7. The van der Waals surface area contributed by atoms with Gasteiger partial charge in [-0.15, -0.1) is 25.5 Å². The zero-order chi connectivity index (χ0) is 24.1. The number of benzene rings is 1. The molecule has 1 fully saturated rings. The van der Waals surface area contributed by atoms with Crippen LogP contribution < -0.4 is 4.90 Å². The maximum absolute atomic E-state index is 5.38. The first kappa shape index (κ1) is 31.5. The van der Waals surface area contributed by atoms with Crippen LogP contribution in [-0.4, -0.2) is 13.1 Å². The molecule has 1 aromatic carbocycles. The smallest absolute Gasteiger partial charge is 0.0366 e. The van der Waals surface area contributed by atoms with Gasteiger partial charge in [-0.25, -0.2) is 0 Å². The fourth-order valence-corrected chi connectivity index (χ4v) is 4.25. The number of terminal acetylenes is 1. The highest BCUT2D eigenvalue weighted by Crippen LogP contribution is 2.32. The van der Waals surface area contributed by atoms with Gasteiger partial charge in [0, 0.05) is 25.2 Å². The minimum absolute atomic E-state index is 0.556. The lowest BCUT2D eigenvalue weighted by Gasteiger charge is -2.37. The molecule has 0 radical (unpaired) electrons. The Morgan fingerprint density at radius 3 is 1.94 bits per heavy atom. The van der Waals surface area contributed by atoms with Gasteiger partial charge in [0.05, 0.1) is 0 Å². The van der Waals surface area contributed by atoms with Gasteiger partial charge in [-0.3, -0.25) is 0 Å². The third kappa shape index (κ3) is 12.7. The molecule has 178 valence electrons. The van der Waals surface area contributed by atoms with Gasteiger partial charge in [0.25, 0.3) is 0 Å². The molecule has 2 unspecified atom stereocenters. The van der Waals surface area contributed by atoms with E-state index in [4.69, 9.17) is 6.42 Å². The zero-order valence-corrected chi connectivity index (χ0v) is 22.1. The van der Waals surface area contributed by atoms with E-state index in [0.29, 0.717) is 5.92 Å². The molecule has 0 saturated carbocycles. The number of hydrogen-bond acceptors (Lipinski definition) is 1. The Morgan fingerprint density at radius 2 is 1.52 bits per heavy atom. The Bertz CT molecular complexity index is 531. The van der Waals surface area contributed by atoms with Crippen molar-refractivity contribution in [3.8, 4) is 12.3 Å². The zero-order valence-electron chi connectivity index (χ0n) is 22.1. The molecule has 31 heavy (non-hydrogen) atoms. The molecule has 2 rings (SSSR count). The molecule has 0 aliphatic carbocycles. The van der Waals surface area contributed by atoms with Crippen LogP contribution >= 0.6 is 0 Å². The Labute approximate surface area is 196 Å². The van der Waals surface area contributed by atoms with E-state index in [1.165, 1.54) is 62.9 Å². The van der Waals surface area contributed by atoms with Crippen molar-refractivity contribution in [2.24, 2.45) is 11.8 Å². The number of hydrogen-bond donors (Lipinski definition) is 0. The third-order valence-electron chi connectivity index (χ3n) is 5.94. The summed E-state index contributed by atoms with van der Waals surface area (Å²) in [7, 11) is 0. The fourth-order valence-electron chi connectivity index (χ4n) is 4.25. The molecular weight excluding hydrogens is 374 g/mol. The summed E-state index contributed by atoms with van der Waals surface area (Å²) in [5, 5.41) is 0. The van der Waals surface area contributed by atoms with Crippen LogP contribution in [0.1, 0.15) is 111 Å². The van der Waals surface area contributed by atoms with Crippen molar-refractivity contribution in [2.75, 3.05) is 18.0 Å². The van der Waals surface area contributed by atoms with Crippen molar-refractivity contribution in [1.29, 1.82) is 0 Å². The second-order valence-corrected chi connectivity index (χ2v) is 8.22. The second kappa shape index (κ2) is 21.5. The molecule has 1 nitrogen and oxygen atoms in total. The minimum atomic E-state index is 0.556. The molecule has 2 atom stereocenters. The molecule has 1 aliphatic rings. The summed E-state index contributed by atoms with van der Waals surface area (Å²) in [6, 6.07) is 9.22. The van der Waals surface area contributed by atoms with Crippen molar-refractivity contribution in [1.82, 2.24) is 0 Å². The first-order valence-corrected chi connectivity index (χ1v) is 12.9. The lowest BCUT2D eigenvalue weighted by molar-refractivity contribution is 0.252. The third-order valence-corrected chi connectivity index (χ3v) is 5.94. The summed E-state index contributed by atoms with van der Waals surface area (Å²) in [6.07, 6.45) is 15.4. The summed E-state index contributed by atoms with van der Waals surface area (Å²) in [5.41, 5.74) is 2.81. The van der Waals surface area contributed by atoms with Gasteiger partial charge in [-0.05, 0) is 54.7 Å². The molecule has 1 aliphatic heterocycles.